The average Bonchev–Trinajstić information content (AvgIpc) is 2.81. The molecule has 1 saturated heterocycles. The summed E-state index contributed by atoms with van der Waals surface area (Å²) in [5.74, 6) is -0.209. The topological polar surface area (TPSA) is 70.2 Å². The van der Waals surface area contributed by atoms with Crippen molar-refractivity contribution >= 4 is 47.2 Å². The van der Waals surface area contributed by atoms with E-state index in [2.05, 4.69) is 16.0 Å². The quantitative estimate of drug-likeness (QED) is 0.797. The highest BCUT2D eigenvalue weighted by Crippen LogP contribution is 2.29. The molecule has 1 aliphatic rings. The van der Waals surface area contributed by atoms with E-state index in [9.17, 15) is 9.59 Å². The van der Waals surface area contributed by atoms with Crippen LogP contribution in [0, 0.1) is 5.41 Å². The number of carbonyl (C=O) groups excluding carboxylic acids is 2. The van der Waals surface area contributed by atoms with Crippen molar-refractivity contribution in [1.29, 1.82) is 0 Å². The van der Waals surface area contributed by atoms with Crippen LogP contribution in [-0.4, -0.2) is 24.9 Å². The summed E-state index contributed by atoms with van der Waals surface area (Å²) >= 11 is 6.07. The fourth-order valence-corrected chi connectivity index (χ4v) is 2.40. The van der Waals surface area contributed by atoms with Gasteiger partial charge in [-0.15, -0.1) is 12.4 Å². The molecule has 5 nitrogen and oxygen atoms in total. The number of nitrogens with one attached hydrogen (secondary N) is 3. The van der Waals surface area contributed by atoms with E-state index in [1.807, 2.05) is 6.92 Å². The summed E-state index contributed by atoms with van der Waals surface area (Å²) in [5.41, 5.74) is 0.774. The SMILES string of the molecule is CC(=O)Nc1ccc(NC(=O)C2(C)CCNC2)cc1Cl.Cl. The van der Waals surface area contributed by atoms with Crippen molar-refractivity contribution in [2.75, 3.05) is 23.7 Å². The Morgan fingerprint density at radius 2 is 2.05 bits per heavy atom. The van der Waals surface area contributed by atoms with Crippen LogP contribution in [0.15, 0.2) is 18.2 Å². The van der Waals surface area contributed by atoms with Crippen LogP contribution in [0.4, 0.5) is 11.4 Å². The van der Waals surface area contributed by atoms with Crippen molar-refractivity contribution < 1.29 is 9.59 Å². The van der Waals surface area contributed by atoms with Crippen LogP contribution in [0.3, 0.4) is 0 Å². The molecule has 1 atom stereocenters. The maximum Gasteiger partial charge on any atom is 0.231 e. The van der Waals surface area contributed by atoms with Gasteiger partial charge in [0.25, 0.3) is 0 Å². The summed E-state index contributed by atoms with van der Waals surface area (Å²) in [6.07, 6.45) is 0.816. The predicted molar refractivity (Wildman–Crippen MR) is 87.2 cm³/mol. The van der Waals surface area contributed by atoms with Crippen molar-refractivity contribution in [1.82, 2.24) is 5.32 Å². The van der Waals surface area contributed by atoms with E-state index in [-0.39, 0.29) is 29.6 Å². The number of amides is 2. The third-order valence-electron chi connectivity index (χ3n) is 3.45. The van der Waals surface area contributed by atoms with Crippen LogP contribution in [0.1, 0.15) is 20.3 Å². The van der Waals surface area contributed by atoms with Crippen LogP contribution in [-0.2, 0) is 9.59 Å². The highest BCUT2D eigenvalue weighted by molar-refractivity contribution is 6.34. The Balaban J connectivity index is 0.00000220. The van der Waals surface area contributed by atoms with Crippen LogP contribution < -0.4 is 16.0 Å². The Labute approximate surface area is 135 Å². The van der Waals surface area contributed by atoms with Crippen molar-refractivity contribution in [2.45, 2.75) is 20.3 Å². The summed E-state index contributed by atoms with van der Waals surface area (Å²) in [5, 5.41) is 9.08. The molecule has 1 unspecified atom stereocenters. The van der Waals surface area contributed by atoms with Gasteiger partial charge in [0.1, 0.15) is 0 Å². The Morgan fingerprint density at radius 1 is 1.33 bits per heavy atom. The minimum absolute atomic E-state index is 0. The average molecular weight is 332 g/mol. The standard InChI is InChI=1S/C14H18ClN3O2.ClH/c1-9(19)17-12-4-3-10(7-11(12)15)18-13(20)14(2)5-6-16-8-14;/h3-4,7,16H,5-6,8H2,1-2H3,(H,17,19)(H,18,20);1H. The second kappa shape index (κ2) is 7.11. The molecule has 2 rings (SSSR count). The van der Waals surface area contributed by atoms with Crippen molar-refractivity contribution in [3.05, 3.63) is 23.2 Å². The Kier molecular flexibility index (Phi) is 6.01. The molecule has 0 radical (unpaired) electrons. The Morgan fingerprint density at radius 3 is 2.57 bits per heavy atom. The molecule has 2 amide bonds. The molecule has 0 aromatic heterocycles. The largest absolute Gasteiger partial charge is 0.326 e. The molecule has 0 spiro atoms. The Bertz CT molecular complexity index is 543. The molecule has 1 aromatic rings. The van der Waals surface area contributed by atoms with Gasteiger partial charge in [0.2, 0.25) is 11.8 Å². The molecule has 7 heteroatoms. The lowest BCUT2D eigenvalue weighted by Crippen LogP contribution is -2.35. The second-order valence-electron chi connectivity index (χ2n) is 5.32. The maximum absolute atomic E-state index is 12.2. The number of carbonyl (C=O) groups is 2. The van der Waals surface area contributed by atoms with Gasteiger partial charge in [-0.2, -0.15) is 0 Å². The lowest BCUT2D eigenvalue weighted by molar-refractivity contribution is -0.123. The smallest absolute Gasteiger partial charge is 0.231 e. The van der Waals surface area contributed by atoms with E-state index in [4.69, 9.17) is 11.6 Å². The van der Waals surface area contributed by atoms with Gasteiger partial charge < -0.3 is 16.0 Å². The summed E-state index contributed by atoms with van der Waals surface area (Å²) in [6.45, 7) is 4.89. The minimum atomic E-state index is -0.386. The zero-order valence-electron chi connectivity index (χ0n) is 12.0. The van der Waals surface area contributed by atoms with E-state index < -0.39 is 0 Å². The maximum atomic E-state index is 12.2. The molecule has 0 saturated carbocycles. The molecule has 0 aliphatic carbocycles. The highest BCUT2D eigenvalue weighted by Gasteiger charge is 2.36. The zero-order valence-corrected chi connectivity index (χ0v) is 13.5. The van der Waals surface area contributed by atoms with Crippen molar-refractivity contribution in [3.8, 4) is 0 Å². The lowest BCUT2D eigenvalue weighted by Gasteiger charge is -2.21. The zero-order chi connectivity index (χ0) is 14.8. The predicted octanol–water partition coefficient (Wildman–Crippen LogP) is 2.66. The van der Waals surface area contributed by atoms with E-state index in [1.165, 1.54) is 6.92 Å². The first-order chi connectivity index (χ1) is 9.40. The Hall–Kier alpha value is -1.30. The van der Waals surface area contributed by atoms with Crippen LogP contribution in [0.25, 0.3) is 0 Å². The second-order valence-corrected chi connectivity index (χ2v) is 5.72. The number of rotatable bonds is 3. The summed E-state index contributed by atoms with van der Waals surface area (Å²) < 4.78 is 0. The first-order valence-electron chi connectivity index (χ1n) is 6.50. The van der Waals surface area contributed by atoms with Gasteiger partial charge in [-0.25, -0.2) is 0 Å². The summed E-state index contributed by atoms with van der Waals surface area (Å²) in [4.78, 5) is 23.2. The number of halogens is 2. The third-order valence-corrected chi connectivity index (χ3v) is 3.77. The number of hydrogen-bond donors (Lipinski definition) is 3. The van der Waals surface area contributed by atoms with E-state index in [1.54, 1.807) is 18.2 Å². The number of hydrogen-bond acceptors (Lipinski definition) is 3. The molecule has 3 N–H and O–H groups in total. The lowest BCUT2D eigenvalue weighted by atomic mass is 9.89. The van der Waals surface area contributed by atoms with Gasteiger partial charge in [0, 0.05) is 19.2 Å². The van der Waals surface area contributed by atoms with Gasteiger partial charge in [-0.1, -0.05) is 11.6 Å². The monoisotopic (exact) mass is 331 g/mol. The van der Waals surface area contributed by atoms with Gasteiger partial charge >= 0.3 is 0 Å². The normalized spacial score (nSPS) is 20.5. The van der Waals surface area contributed by atoms with E-state index in [0.717, 1.165) is 13.0 Å². The molecule has 21 heavy (non-hydrogen) atoms. The van der Waals surface area contributed by atoms with Crippen molar-refractivity contribution in [3.63, 3.8) is 0 Å². The molecule has 1 aliphatic heterocycles. The van der Waals surface area contributed by atoms with Gasteiger partial charge in [0.05, 0.1) is 16.1 Å². The van der Waals surface area contributed by atoms with E-state index >= 15 is 0 Å². The fraction of sp³-hybridized carbons (Fsp3) is 0.429. The van der Waals surface area contributed by atoms with Crippen LogP contribution in [0.2, 0.25) is 5.02 Å². The summed E-state index contributed by atoms with van der Waals surface area (Å²) in [6, 6.07) is 5.03. The van der Waals surface area contributed by atoms with Crippen molar-refractivity contribution in [2.24, 2.45) is 5.41 Å². The fourth-order valence-electron chi connectivity index (χ4n) is 2.18. The number of anilines is 2. The first-order valence-corrected chi connectivity index (χ1v) is 6.88. The highest BCUT2D eigenvalue weighted by atomic mass is 35.5. The molecular formula is C14H19Cl2N3O2. The molecule has 0 bridgehead atoms. The number of benzene rings is 1. The molecule has 1 heterocycles. The van der Waals surface area contributed by atoms with Gasteiger partial charge in [-0.05, 0) is 38.1 Å². The molecule has 1 fully saturated rings. The van der Waals surface area contributed by atoms with Gasteiger partial charge in [0.15, 0.2) is 0 Å². The van der Waals surface area contributed by atoms with Crippen LogP contribution in [0.5, 0.6) is 0 Å². The minimum Gasteiger partial charge on any atom is -0.326 e. The van der Waals surface area contributed by atoms with Gasteiger partial charge in [-0.3, -0.25) is 9.59 Å². The van der Waals surface area contributed by atoms with Crippen LogP contribution >= 0.6 is 24.0 Å². The summed E-state index contributed by atoms with van der Waals surface area (Å²) in [7, 11) is 0. The molecular weight excluding hydrogens is 313 g/mol. The molecule has 1 aromatic carbocycles. The molecule has 116 valence electrons. The first kappa shape index (κ1) is 17.8. The third kappa shape index (κ3) is 4.33. The van der Waals surface area contributed by atoms with E-state index in [0.29, 0.717) is 22.9 Å².